The Morgan fingerprint density at radius 3 is 2.46 bits per heavy atom. The van der Waals surface area contributed by atoms with Gasteiger partial charge in [0.05, 0.1) is 29.1 Å². The number of nitrogens with zero attached hydrogens (tertiary/aromatic N) is 2. The number of aromatic nitrogens is 2. The van der Waals surface area contributed by atoms with Crippen molar-refractivity contribution in [3.05, 3.63) is 70.1 Å². The first-order valence-corrected chi connectivity index (χ1v) is 14.6. The molecule has 1 fully saturated rings. The second-order valence-corrected chi connectivity index (χ2v) is 12.1. The number of thiazole rings is 1. The number of fused-ring (bicyclic) bond motifs is 2. The molecule has 4 N–H and O–H groups in total. The van der Waals surface area contributed by atoms with Crippen LogP contribution in [0, 0.1) is 5.82 Å². The molecule has 0 bridgehead atoms. The van der Waals surface area contributed by atoms with Crippen LogP contribution in [0.5, 0.6) is 11.5 Å². The molecular weight excluding hydrogens is 642 g/mol. The van der Waals surface area contributed by atoms with E-state index < -0.39 is 77.1 Å². The largest absolute Gasteiger partial charge is 0.494 e. The van der Waals surface area contributed by atoms with Crippen LogP contribution in [-0.4, -0.2) is 59.8 Å². The summed E-state index contributed by atoms with van der Waals surface area (Å²) in [5, 5.41) is 14.1. The summed E-state index contributed by atoms with van der Waals surface area (Å²) < 4.78 is 98.0. The van der Waals surface area contributed by atoms with Crippen molar-refractivity contribution >= 4 is 33.4 Å². The number of halogens is 6. The Hall–Kier alpha value is -4.44. The van der Waals surface area contributed by atoms with Crippen molar-refractivity contribution in [1.29, 1.82) is 0 Å². The highest BCUT2D eigenvalue weighted by Gasteiger charge is 2.60. The zero-order chi connectivity index (χ0) is 33.2. The van der Waals surface area contributed by atoms with Gasteiger partial charge < -0.3 is 25.6 Å². The Morgan fingerprint density at radius 2 is 1.87 bits per heavy atom. The molecule has 2 amide bonds. The predicted molar refractivity (Wildman–Crippen MR) is 152 cm³/mol. The van der Waals surface area contributed by atoms with Crippen LogP contribution < -0.4 is 20.5 Å². The number of hydrogen-bond acceptors (Lipinski definition) is 8. The highest BCUT2D eigenvalue weighted by molar-refractivity contribution is 7.18. The molecule has 1 saturated carbocycles. The van der Waals surface area contributed by atoms with Gasteiger partial charge in [-0.05, 0) is 55.3 Å². The predicted octanol–water partition coefficient (Wildman–Crippen LogP) is 4.94. The average Bonchev–Trinajstić information content (AvgIpc) is 3.64. The number of pyridine rings is 1. The minimum Gasteiger partial charge on any atom is -0.494 e. The lowest BCUT2D eigenvalue weighted by atomic mass is 9.80. The van der Waals surface area contributed by atoms with Crippen molar-refractivity contribution in [2.45, 2.75) is 42.4 Å². The maximum atomic E-state index is 14.7. The van der Waals surface area contributed by atoms with E-state index in [1.54, 1.807) is 0 Å². The zero-order valence-corrected chi connectivity index (χ0v) is 24.6. The third-order valence-electron chi connectivity index (χ3n) is 8.11. The number of nitrogens with two attached hydrogens (primary N) is 1. The second kappa shape index (κ2) is 11.1. The highest BCUT2D eigenvalue weighted by Crippen LogP contribution is 2.50. The molecule has 2 aliphatic rings. The molecule has 0 radical (unpaired) electrons. The molecule has 1 aliphatic carbocycles. The van der Waals surface area contributed by atoms with Crippen molar-refractivity contribution in [3.63, 3.8) is 0 Å². The summed E-state index contributed by atoms with van der Waals surface area (Å²) in [5.41, 5.74) is -3.68. The summed E-state index contributed by atoms with van der Waals surface area (Å²) in [6, 6.07) is 7.28. The van der Waals surface area contributed by atoms with Crippen LogP contribution in [0.15, 0.2) is 42.5 Å². The van der Waals surface area contributed by atoms with E-state index in [-0.39, 0.29) is 16.9 Å². The van der Waals surface area contributed by atoms with Crippen LogP contribution in [0.25, 0.3) is 21.5 Å². The van der Waals surface area contributed by atoms with Crippen molar-refractivity contribution in [2.24, 2.45) is 5.73 Å². The van der Waals surface area contributed by atoms with Gasteiger partial charge in [0.25, 0.3) is 12.3 Å². The fourth-order valence-electron chi connectivity index (χ4n) is 5.24. The molecule has 16 heteroatoms. The van der Waals surface area contributed by atoms with Crippen LogP contribution in [0.4, 0.5) is 26.3 Å². The number of rotatable bonds is 9. The quantitative estimate of drug-likeness (QED) is 0.215. The Balaban J connectivity index is 1.42. The van der Waals surface area contributed by atoms with Gasteiger partial charge in [0.1, 0.15) is 35.1 Å². The first kappa shape index (κ1) is 31.5. The number of aliphatic hydroxyl groups is 1. The molecule has 46 heavy (non-hydrogen) atoms. The summed E-state index contributed by atoms with van der Waals surface area (Å²) in [4.78, 5) is 34.1. The number of nitrogens with one attached hydrogen (secondary N) is 1. The average molecular weight is 667 g/mol. The van der Waals surface area contributed by atoms with Gasteiger partial charge in [0, 0.05) is 22.6 Å². The molecular formula is C30H24F6N4O5S. The van der Waals surface area contributed by atoms with E-state index in [1.807, 2.05) is 0 Å². The molecule has 1 aliphatic heterocycles. The summed E-state index contributed by atoms with van der Waals surface area (Å²) in [5.74, 6) is -3.31. The summed E-state index contributed by atoms with van der Waals surface area (Å²) in [6.07, 6.45) is -7.14. The Bertz CT molecular complexity index is 1860. The maximum absolute atomic E-state index is 14.7. The van der Waals surface area contributed by atoms with E-state index >= 15 is 0 Å². The number of ether oxygens (including phenoxy) is 2. The molecule has 1 unspecified atom stereocenters. The van der Waals surface area contributed by atoms with Crippen molar-refractivity contribution in [3.8, 4) is 22.8 Å². The van der Waals surface area contributed by atoms with E-state index in [1.165, 1.54) is 30.6 Å². The fraction of sp³-hybridized carbons (Fsp3) is 0.333. The monoisotopic (exact) mass is 666 g/mol. The minimum atomic E-state index is -5.54. The van der Waals surface area contributed by atoms with E-state index in [2.05, 4.69) is 15.3 Å². The van der Waals surface area contributed by atoms with E-state index in [4.69, 9.17) is 15.2 Å². The number of primary amides is 1. The molecule has 3 heterocycles. The minimum absolute atomic E-state index is 0.0712. The fourth-order valence-corrected chi connectivity index (χ4v) is 6.43. The Labute approximate surface area is 260 Å². The highest BCUT2D eigenvalue weighted by atomic mass is 32.1. The third kappa shape index (κ3) is 5.08. The molecule has 0 saturated heterocycles. The standard InChI is InChI=1S/C30H24F6N4O5S/c1-44-18-8-15(9-19-22(18)40-25(46-19)14-2-3-14)24(41)38-11-29(43,30(34,35)36)20-10-17-23(45-12-28(17,26(32)33)27(37)42)21(39-20)13-4-6-16(31)7-5-13/h4-10,14,26,43H,2-3,11-12H2,1H3,(H2,37,42)(H,38,41)/t28-,29?/m0/s1. The normalized spacial score (nSPS) is 19.1. The van der Waals surface area contributed by atoms with Crippen LogP contribution in [-0.2, 0) is 15.8 Å². The lowest BCUT2D eigenvalue weighted by Crippen LogP contribution is -2.52. The summed E-state index contributed by atoms with van der Waals surface area (Å²) in [6.45, 7) is -2.54. The van der Waals surface area contributed by atoms with Gasteiger partial charge in [-0.15, -0.1) is 11.3 Å². The van der Waals surface area contributed by atoms with Crippen LogP contribution in [0.1, 0.15) is 45.4 Å². The smallest absolute Gasteiger partial charge is 0.424 e. The number of carbonyl (C=O) groups is 2. The van der Waals surface area contributed by atoms with Crippen LogP contribution in [0.3, 0.4) is 0 Å². The van der Waals surface area contributed by atoms with Gasteiger partial charge in [-0.3, -0.25) is 9.59 Å². The molecule has 6 rings (SSSR count). The van der Waals surface area contributed by atoms with E-state index in [9.17, 15) is 41.0 Å². The first-order chi connectivity index (χ1) is 21.7. The van der Waals surface area contributed by atoms with Crippen molar-refractivity contribution in [1.82, 2.24) is 15.3 Å². The Morgan fingerprint density at radius 1 is 1.17 bits per heavy atom. The topological polar surface area (TPSA) is 137 Å². The van der Waals surface area contributed by atoms with Gasteiger partial charge in [0.15, 0.2) is 5.41 Å². The number of alkyl halides is 5. The molecule has 0 spiro atoms. The second-order valence-electron chi connectivity index (χ2n) is 11.1. The number of amides is 2. The van der Waals surface area contributed by atoms with Gasteiger partial charge in [0.2, 0.25) is 11.5 Å². The third-order valence-corrected chi connectivity index (χ3v) is 9.28. The van der Waals surface area contributed by atoms with Gasteiger partial charge in [-0.2, -0.15) is 13.2 Å². The number of carbonyl (C=O) groups excluding carboxylic acids is 2. The number of hydrogen-bond donors (Lipinski definition) is 3. The number of methoxy groups -OCH3 is 1. The molecule has 2 aromatic carbocycles. The maximum Gasteiger partial charge on any atom is 0.424 e. The van der Waals surface area contributed by atoms with Crippen LogP contribution >= 0.6 is 11.3 Å². The lowest BCUT2D eigenvalue weighted by molar-refractivity contribution is -0.265. The van der Waals surface area contributed by atoms with Gasteiger partial charge >= 0.3 is 6.18 Å². The van der Waals surface area contributed by atoms with Gasteiger partial charge in [-0.1, -0.05) is 0 Å². The Kier molecular flexibility index (Phi) is 7.62. The SMILES string of the molecule is COc1cc(C(=O)NCC(O)(c2cc3c(c(-c4ccc(F)cc4)n2)OC[C@@]3(C(N)=O)C(F)F)C(F)(F)F)cc2sc(C3CC3)nc12. The molecule has 2 aromatic heterocycles. The first-order valence-electron chi connectivity index (χ1n) is 13.8. The van der Waals surface area contributed by atoms with Crippen molar-refractivity contribution in [2.75, 3.05) is 20.3 Å². The molecule has 9 nitrogen and oxygen atoms in total. The summed E-state index contributed by atoms with van der Waals surface area (Å²) in [7, 11) is 1.35. The lowest BCUT2D eigenvalue weighted by Gasteiger charge is -2.32. The van der Waals surface area contributed by atoms with Crippen molar-refractivity contribution < 1.29 is 50.5 Å². The summed E-state index contributed by atoms with van der Waals surface area (Å²) >= 11 is 1.32. The number of benzene rings is 2. The van der Waals surface area contributed by atoms with E-state index in [0.717, 1.165) is 42.1 Å². The molecule has 2 atom stereocenters. The molecule has 4 aromatic rings. The van der Waals surface area contributed by atoms with Gasteiger partial charge in [-0.25, -0.2) is 23.1 Å². The molecule has 242 valence electrons. The zero-order valence-electron chi connectivity index (χ0n) is 23.8. The van der Waals surface area contributed by atoms with Crippen LogP contribution in [0.2, 0.25) is 0 Å². The van der Waals surface area contributed by atoms with E-state index in [0.29, 0.717) is 22.2 Å².